The van der Waals surface area contributed by atoms with Gasteiger partial charge in [-0.2, -0.15) is 0 Å². The van der Waals surface area contributed by atoms with Crippen molar-refractivity contribution in [1.82, 2.24) is 10.6 Å². The maximum atomic E-state index is 13.5. The van der Waals surface area contributed by atoms with Gasteiger partial charge in [0.1, 0.15) is 5.75 Å². The number of benzene rings is 3. The Bertz CT molecular complexity index is 1250. The van der Waals surface area contributed by atoms with Crippen molar-refractivity contribution in [2.75, 3.05) is 37.0 Å². The summed E-state index contributed by atoms with van der Waals surface area (Å²) in [7, 11) is 1.63. The highest BCUT2D eigenvalue weighted by Crippen LogP contribution is 2.27. The van der Waals surface area contributed by atoms with Crippen LogP contribution < -0.4 is 25.6 Å². The Hall–Kier alpha value is -3.88. The fourth-order valence-corrected chi connectivity index (χ4v) is 4.87. The lowest BCUT2D eigenvalue weighted by Crippen LogP contribution is -2.48. The van der Waals surface area contributed by atoms with Crippen molar-refractivity contribution in [3.63, 3.8) is 0 Å². The summed E-state index contributed by atoms with van der Waals surface area (Å²) in [6.45, 7) is 4.11. The van der Waals surface area contributed by atoms with Crippen LogP contribution in [0.2, 0.25) is 0 Å². The summed E-state index contributed by atoms with van der Waals surface area (Å²) in [4.78, 5) is 27.7. The lowest BCUT2D eigenvalue weighted by Gasteiger charge is -2.26. The van der Waals surface area contributed by atoms with Crippen LogP contribution in [0.15, 0.2) is 72.8 Å². The number of para-hydroxylation sites is 1. The standard InChI is InChI=1S/C31H38N4O4/c1-3-33-25-17-24(18-26(19-25)35-15-9-14-30(35)37)31(38)34-27(16-22-10-5-4-6-11-22)28(36)21-32-20-23-12-7-8-13-29(23)39-2/h4-8,10-13,17-19,27-28,32-33,36H,3,9,14-16,20-21H2,1-2H3,(H,34,38)/t27-,28-/m0/s1. The highest BCUT2D eigenvalue weighted by molar-refractivity contribution is 6.00. The first kappa shape index (κ1) is 28.1. The van der Waals surface area contributed by atoms with Crippen molar-refractivity contribution in [1.29, 1.82) is 0 Å². The minimum absolute atomic E-state index is 0.0634. The first-order valence-electron chi connectivity index (χ1n) is 13.5. The Morgan fingerprint density at radius 2 is 1.85 bits per heavy atom. The van der Waals surface area contributed by atoms with Gasteiger partial charge in [0.15, 0.2) is 0 Å². The summed E-state index contributed by atoms with van der Waals surface area (Å²) in [5.41, 5.74) is 3.92. The highest BCUT2D eigenvalue weighted by Gasteiger charge is 2.26. The number of hydrogen-bond acceptors (Lipinski definition) is 6. The van der Waals surface area contributed by atoms with Gasteiger partial charge < -0.3 is 30.7 Å². The molecule has 1 aliphatic rings. The van der Waals surface area contributed by atoms with Crippen LogP contribution in [0.25, 0.3) is 0 Å². The van der Waals surface area contributed by atoms with Gasteiger partial charge in [0.2, 0.25) is 5.91 Å². The van der Waals surface area contributed by atoms with Crippen molar-refractivity contribution >= 4 is 23.2 Å². The minimum Gasteiger partial charge on any atom is -0.496 e. The molecule has 39 heavy (non-hydrogen) atoms. The molecule has 2 atom stereocenters. The molecule has 0 saturated carbocycles. The summed E-state index contributed by atoms with van der Waals surface area (Å²) < 4.78 is 5.42. The molecule has 1 fully saturated rings. The molecule has 8 heteroatoms. The van der Waals surface area contributed by atoms with Gasteiger partial charge in [0.05, 0.1) is 19.3 Å². The van der Waals surface area contributed by atoms with E-state index in [0.29, 0.717) is 43.7 Å². The lowest BCUT2D eigenvalue weighted by atomic mass is 10.00. The van der Waals surface area contributed by atoms with E-state index in [9.17, 15) is 14.7 Å². The Balaban J connectivity index is 1.50. The minimum atomic E-state index is -0.847. The normalized spacial score (nSPS) is 14.6. The topological polar surface area (TPSA) is 103 Å². The van der Waals surface area contributed by atoms with Gasteiger partial charge in [-0.1, -0.05) is 48.5 Å². The summed E-state index contributed by atoms with van der Waals surface area (Å²) in [5, 5.41) is 20.8. The predicted octanol–water partition coefficient (Wildman–Crippen LogP) is 3.75. The Labute approximate surface area is 230 Å². The average molecular weight is 531 g/mol. The zero-order valence-electron chi connectivity index (χ0n) is 22.7. The molecule has 1 heterocycles. The fourth-order valence-electron chi connectivity index (χ4n) is 4.87. The van der Waals surface area contributed by atoms with E-state index in [2.05, 4.69) is 16.0 Å². The van der Waals surface area contributed by atoms with Crippen molar-refractivity contribution in [3.05, 3.63) is 89.5 Å². The molecule has 3 aromatic rings. The van der Waals surface area contributed by atoms with E-state index in [1.165, 1.54) is 0 Å². The second-order valence-corrected chi connectivity index (χ2v) is 9.73. The van der Waals surface area contributed by atoms with Gasteiger partial charge in [0, 0.05) is 55.1 Å². The van der Waals surface area contributed by atoms with Gasteiger partial charge in [-0.3, -0.25) is 9.59 Å². The highest BCUT2D eigenvalue weighted by atomic mass is 16.5. The third-order valence-corrected chi connectivity index (χ3v) is 6.89. The van der Waals surface area contributed by atoms with Crippen LogP contribution in [0.3, 0.4) is 0 Å². The molecule has 4 N–H and O–H groups in total. The third kappa shape index (κ3) is 7.59. The summed E-state index contributed by atoms with van der Waals surface area (Å²) in [6, 6.07) is 22.4. The van der Waals surface area contributed by atoms with Crippen LogP contribution in [0.1, 0.15) is 41.3 Å². The summed E-state index contributed by atoms with van der Waals surface area (Å²) >= 11 is 0. The molecule has 3 aromatic carbocycles. The first-order chi connectivity index (χ1) is 19.0. The van der Waals surface area contributed by atoms with Crippen molar-refractivity contribution < 1.29 is 19.4 Å². The number of carbonyl (C=O) groups excluding carboxylic acids is 2. The van der Waals surface area contributed by atoms with E-state index < -0.39 is 12.1 Å². The van der Waals surface area contributed by atoms with Gasteiger partial charge >= 0.3 is 0 Å². The molecular formula is C31H38N4O4. The molecule has 1 saturated heterocycles. The molecule has 0 bridgehead atoms. The Kier molecular flexibility index (Phi) is 9.94. The second kappa shape index (κ2) is 13.8. The first-order valence-corrected chi connectivity index (χ1v) is 13.5. The van der Waals surface area contributed by atoms with Gasteiger partial charge in [-0.25, -0.2) is 0 Å². The fraction of sp³-hybridized carbons (Fsp3) is 0.355. The molecule has 4 rings (SSSR count). The number of aliphatic hydroxyl groups excluding tert-OH is 1. The second-order valence-electron chi connectivity index (χ2n) is 9.73. The predicted molar refractivity (Wildman–Crippen MR) is 154 cm³/mol. The Morgan fingerprint density at radius 3 is 2.56 bits per heavy atom. The molecule has 0 spiro atoms. The SMILES string of the molecule is CCNc1cc(C(=O)N[C@@H](Cc2ccccc2)[C@@H](O)CNCc2ccccc2OC)cc(N2CCCC2=O)c1. The molecular weight excluding hydrogens is 492 g/mol. The lowest BCUT2D eigenvalue weighted by molar-refractivity contribution is -0.117. The van der Waals surface area contributed by atoms with Crippen molar-refractivity contribution in [3.8, 4) is 5.75 Å². The number of hydrogen-bond donors (Lipinski definition) is 4. The number of rotatable bonds is 13. The molecule has 0 radical (unpaired) electrons. The maximum Gasteiger partial charge on any atom is 0.251 e. The van der Waals surface area contributed by atoms with Gasteiger partial charge in [-0.15, -0.1) is 0 Å². The number of aliphatic hydroxyl groups is 1. The number of ether oxygens (including phenoxy) is 1. The zero-order chi connectivity index (χ0) is 27.6. The summed E-state index contributed by atoms with van der Waals surface area (Å²) in [6.07, 6.45) is 0.939. The smallest absolute Gasteiger partial charge is 0.251 e. The van der Waals surface area contributed by atoms with E-state index in [0.717, 1.165) is 29.0 Å². The molecule has 0 unspecified atom stereocenters. The van der Waals surface area contributed by atoms with E-state index in [1.807, 2.05) is 67.6 Å². The van der Waals surface area contributed by atoms with E-state index in [-0.39, 0.29) is 18.4 Å². The van der Waals surface area contributed by atoms with Crippen LogP contribution in [0.4, 0.5) is 11.4 Å². The van der Waals surface area contributed by atoms with Gasteiger partial charge in [-0.05, 0) is 49.6 Å². The zero-order valence-corrected chi connectivity index (χ0v) is 22.7. The number of nitrogens with zero attached hydrogens (tertiary/aromatic N) is 1. The Morgan fingerprint density at radius 1 is 1.08 bits per heavy atom. The number of carbonyl (C=O) groups is 2. The molecule has 0 aromatic heterocycles. The third-order valence-electron chi connectivity index (χ3n) is 6.89. The number of nitrogens with one attached hydrogen (secondary N) is 3. The summed E-state index contributed by atoms with van der Waals surface area (Å²) in [5.74, 6) is 0.544. The quantitative estimate of drug-likeness (QED) is 0.269. The molecule has 1 aliphatic heterocycles. The van der Waals surface area contributed by atoms with Crippen LogP contribution in [0, 0.1) is 0 Å². The van der Waals surface area contributed by atoms with Crippen molar-refractivity contribution in [2.45, 2.75) is 44.9 Å². The van der Waals surface area contributed by atoms with Crippen LogP contribution >= 0.6 is 0 Å². The molecule has 0 aliphatic carbocycles. The number of anilines is 2. The van der Waals surface area contributed by atoms with Gasteiger partial charge in [0.25, 0.3) is 5.91 Å². The number of amides is 2. The molecule has 8 nitrogen and oxygen atoms in total. The molecule has 206 valence electrons. The maximum absolute atomic E-state index is 13.5. The molecule has 2 amide bonds. The monoisotopic (exact) mass is 530 g/mol. The number of methoxy groups -OCH3 is 1. The largest absolute Gasteiger partial charge is 0.496 e. The van der Waals surface area contributed by atoms with Crippen LogP contribution in [-0.2, 0) is 17.8 Å². The van der Waals surface area contributed by atoms with Crippen molar-refractivity contribution in [2.24, 2.45) is 0 Å². The van der Waals surface area contributed by atoms with E-state index >= 15 is 0 Å². The van der Waals surface area contributed by atoms with Crippen LogP contribution in [-0.4, -0.2) is 55.8 Å². The average Bonchev–Trinajstić information content (AvgIpc) is 3.39. The van der Waals surface area contributed by atoms with E-state index in [4.69, 9.17) is 4.74 Å². The van der Waals surface area contributed by atoms with E-state index in [1.54, 1.807) is 24.1 Å². The van der Waals surface area contributed by atoms with Crippen LogP contribution in [0.5, 0.6) is 5.75 Å².